The van der Waals surface area contributed by atoms with E-state index < -0.39 is 0 Å². The first-order valence-corrected chi connectivity index (χ1v) is 9.23. The SMILES string of the molecule is COC1Cc2c([nH]c3ccccc23)C2CC3CC(C(C)O)C2N1C3. The Bertz CT molecular complexity index is 768. The minimum Gasteiger partial charge on any atom is -0.393 e. The lowest BCUT2D eigenvalue weighted by Crippen LogP contribution is -2.61. The van der Waals surface area contributed by atoms with Crippen LogP contribution in [-0.2, 0) is 11.2 Å². The van der Waals surface area contributed by atoms with E-state index in [2.05, 4.69) is 34.1 Å². The van der Waals surface area contributed by atoms with Crippen molar-refractivity contribution in [2.45, 2.75) is 50.5 Å². The molecule has 128 valence electrons. The molecule has 6 rings (SSSR count). The van der Waals surface area contributed by atoms with Crippen LogP contribution in [0.15, 0.2) is 24.3 Å². The Kier molecular flexibility index (Phi) is 3.31. The average molecular weight is 326 g/mol. The zero-order valence-corrected chi connectivity index (χ0v) is 14.4. The van der Waals surface area contributed by atoms with Gasteiger partial charge in [-0.25, -0.2) is 0 Å². The summed E-state index contributed by atoms with van der Waals surface area (Å²) in [6.45, 7) is 3.08. The van der Waals surface area contributed by atoms with Gasteiger partial charge in [0.2, 0.25) is 0 Å². The summed E-state index contributed by atoms with van der Waals surface area (Å²) in [6.07, 6.45) is 3.18. The second kappa shape index (κ2) is 5.32. The van der Waals surface area contributed by atoms with E-state index >= 15 is 0 Å². The maximum atomic E-state index is 10.4. The number of aromatic amines is 1. The van der Waals surface area contributed by atoms with Gasteiger partial charge in [0, 0.05) is 54.5 Å². The van der Waals surface area contributed by atoms with Crippen LogP contribution in [0.4, 0.5) is 0 Å². The predicted molar refractivity (Wildman–Crippen MR) is 93.9 cm³/mol. The van der Waals surface area contributed by atoms with Gasteiger partial charge in [0.25, 0.3) is 0 Å². The molecule has 3 fully saturated rings. The molecular formula is C20H26N2O2. The molecule has 7 unspecified atom stereocenters. The Morgan fingerprint density at radius 1 is 1.29 bits per heavy atom. The summed E-state index contributed by atoms with van der Waals surface area (Å²) in [5.74, 6) is 1.49. The first-order valence-electron chi connectivity index (χ1n) is 9.23. The zero-order valence-electron chi connectivity index (χ0n) is 14.4. The molecule has 3 aliphatic heterocycles. The van der Waals surface area contributed by atoms with E-state index in [1.807, 2.05) is 14.0 Å². The Hall–Kier alpha value is -1.36. The van der Waals surface area contributed by atoms with Crippen molar-refractivity contribution >= 4 is 10.9 Å². The summed E-state index contributed by atoms with van der Waals surface area (Å²) in [6, 6.07) is 9.02. The van der Waals surface area contributed by atoms with E-state index in [0.29, 0.717) is 23.8 Å². The number of ether oxygens (including phenoxy) is 1. The van der Waals surface area contributed by atoms with Gasteiger partial charge in [0.05, 0.1) is 6.10 Å². The summed E-state index contributed by atoms with van der Waals surface area (Å²) in [5, 5.41) is 11.8. The number of piperidine rings is 2. The fraction of sp³-hybridized carbons (Fsp3) is 0.600. The summed E-state index contributed by atoms with van der Waals surface area (Å²) in [5.41, 5.74) is 4.07. The van der Waals surface area contributed by atoms with Gasteiger partial charge in [-0.1, -0.05) is 18.2 Å². The Morgan fingerprint density at radius 2 is 2.12 bits per heavy atom. The van der Waals surface area contributed by atoms with E-state index in [0.717, 1.165) is 19.4 Å². The molecule has 1 aromatic carbocycles. The van der Waals surface area contributed by atoms with Gasteiger partial charge in [-0.2, -0.15) is 0 Å². The van der Waals surface area contributed by atoms with Crippen molar-refractivity contribution in [3.63, 3.8) is 0 Å². The number of hydrogen-bond acceptors (Lipinski definition) is 3. The van der Waals surface area contributed by atoms with E-state index in [-0.39, 0.29) is 12.3 Å². The van der Waals surface area contributed by atoms with E-state index in [1.165, 1.54) is 28.6 Å². The summed E-state index contributed by atoms with van der Waals surface area (Å²) in [7, 11) is 1.83. The number of fused-ring (bicyclic) bond motifs is 4. The third kappa shape index (κ3) is 1.97. The number of aliphatic hydroxyl groups excluding tert-OH is 1. The molecule has 1 aromatic heterocycles. The van der Waals surface area contributed by atoms with Crippen molar-refractivity contribution in [3.05, 3.63) is 35.5 Å². The number of benzene rings is 1. The van der Waals surface area contributed by atoms with Gasteiger partial charge >= 0.3 is 0 Å². The molecule has 0 amide bonds. The molecular weight excluding hydrogens is 300 g/mol. The topological polar surface area (TPSA) is 48.5 Å². The minimum atomic E-state index is -0.258. The number of methoxy groups -OCH3 is 1. The van der Waals surface area contributed by atoms with Crippen molar-refractivity contribution in [1.82, 2.24) is 9.88 Å². The van der Waals surface area contributed by atoms with Gasteiger partial charge in [-0.05, 0) is 37.3 Å². The number of nitrogens with zero attached hydrogens (tertiary/aromatic N) is 1. The van der Waals surface area contributed by atoms with E-state index in [1.54, 1.807) is 0 Å². The van der Waals surface area contributed by atoms with Crippen molar-refractivity contribution < 1.29 is 9.84 Å². The summed E-state index contributed by atoms with van der Waals surface area (Å²) in [4.78, 5) is 6.29. The first-order chi connectivity index (χ1) is 11.7. The molecule has 4 nitrogen and oxygen atoms in total. The van der Waals surface area contributed by atoms with Gasteiger partial charge in [-0.3, -0.25) is 4.90 Å². The molecule has 4 heterocycles. The first kappa shape index (κ1) is 14.9. The summed E-state index contributed by atoms with van der Waals surface area (Å²) >= 11 is 0. The van der Waals surface area contributed by atoms with Gasteiger partial charge in [0.1, 0.15) is 6.23 Å². The van der Waals surface area contributed by atoms with Crippen molar-refractivity contribution in [2.75, 3.05) is 13.7 Å². The number of rotatable bonds is 2. The fourth-order valence-corrected chi connectivity index (χ4v) is 5.81. The van der Waals surface area contributed by atoms with Gasteiger partial charge < -0.3 is 14.8 Å². The molecule has 2 N–H and O–H groups in total. The Balaban J connectivity index is 1.70. The monoisotopic (exact) mass is 326 g/mol. The van der Waals surface area contributed by atoms with Crippen LogP contribution in [0.25, 0.3) is 10.9 Å². The maximum absolute atomic E-state index is 10.4. The van der Waals surface area contributed by atoms with Crippen LogP contribution in [0.1, 0.15) is 36.9 Å². The predicted octanol–water partition coefficient (Wildman–Crippen LogP) is 2.87. The number of aromatic nitrogens is 1. The molecule has 2 saturated heterocycles. The Labute approximate surface area is 142 Å². The van der Waals surface area contributed by atoms with Crippen LogP contribution in [0.3, 0.4) is 0 Å². The number of hydrogen-bond donors (Lipinski definition) is 2. The van der Waals surface area contributed by atoms with Gasteiger partial charge in [-0.15, -0.1) is 0 Å². The lowest BCUT2D eigenvalue weighted by molar-refractivity contribution is -0.138. The molecule has 24 heavy (non-hydrogen) atoms. The second-order valence-corrected chi connectivity index (χ2v) is 7.99. The normalized spacial score (nSPS) is 38.8. The lowest BCUT2D eigenvalue weighted by Gasteiger charge is -2.55. The average Bonchev–Trinajstić information content (AvgIpc) is 2.93. The Morgan fingerprint density at radius 3 is 2.92 bits per heavy atom. The third-order valence-corrected chi connectivity index (χ3v) is 6.75. The molecule has 4 bridgehead atoms. The van der Waals surface area contributed by atoms with Crippen molar-refractivity contribution in [1.29, 1.82) is 0 Å². The highest BCUT2D eigenvalue weighted by molar-refractivity contribution is 5.85. The molecule has 0 radical (unpaired) electrons. The number of para-hydroxylation sites is 1. The number of nitrogens with one attached hydrogen (secondary N) is 1. The highest BCUT2D eigenvalue weighted by Gasteiger charge is 2.53. The third-order valence-electron chi connectivity index (χ3n) is 6.75. The molecule has 7 atom stereocenters. The maximum Gasteiger partial charge on any atom is 0.114 e. The van der Waals surface area contributed by atoms with Crippen LogP contribution in [0.2, 0.25) is 0 Å². The zero-order chi connectivity index (χ0) is 16.4. The standard InChI is InChI=1S/C20H26N2O2/c1-11(23)14-7-12-8-16-19-15(13-5-3-4-6-17(13)21-19)9-18(24-2)22(10-12)20(14)16/h3-6,11-12,14,16,18,20-21,23H,7-10H2,1-2H3. The van der Waals surface area contributed by atoms with Crippen LogP contribution in [-0.4, -0.2) is 47.0 Å². The second-order valence-electron chi connectivity index (χ2n) is 7.99. The highest BCUT2D eigenvalue weighted by Crippen LogP contribution is 2.52. The van der Waals surface area contributed by atoms with Gasteiger partial charge in [0.15, 0.2) is 0 Å². The minimum absolute atomic E-state index is 0.113. The van der Waals surface area contributed by atoms with Crippen LogP contribution < -0.4 is 0 Å². The molecule has 0 spiro atoms. The number of aliphatic hydroxyl groups is 1. The molecule has 1 aliphatic carbocycles. The van der Waals surface area contributed by atoms with Crippen LogP contribution in [0.5, 0.6) is 0 Å². The number of H-pyrrole nitrogens is 1. The lowest BCUT2D eigenvalue weighted by atomic mass is 9.64. The van der Waals surface area contributed by atoms with E-state index in [9.17, 15) is 5.11 Å². The quantitative estimate of drug-likeness (QED) is 0.892. The van der Waals surface area contributed by atoms with Crippen molar-refractivity contribution in [2.24, 2.45) is 11.8 Å². The fourth-order valence-electron chi connectivity index (χ4n) is 5.81. The molecule has 2 aromatic rings. The largest absolute Gasteiger partial charge is 0.393 e. The molecule has 4 aliphatic rings. The van der Waals surface area contributed by atoms with E-state index in [4.69, 9.17) is 4.74 Å². The van der Waals surface area contributed by atoms with Crippen LogP contribution >= 0.6 is 0 Å². The van der Waals surface area contributed by atoms with Crippen LogP contribution in [0, 0.1) is 11.8 Å². The molecule has 4 heteroatoms. The smallest absolute Gasteiger partial charge is 0.114 e. The highest BCUT2D eigenvalue weighted by atomic mass is 16.5. The molecule has 1 saturated carbocycles. The van der Waals surface area contributed by atoms with Crippen molar-refractivity contribution in [3.8, 4) is 0 Å². The summed E-state index contributed by atoms with van der Waals surface area (Å²) < 4.78 is 5.94.